The minimum Gasteiger partial charge on any atom is -0.449 e. The Morgan fingerprint density at radius 3 is 2.61 bits per heavy atom. The third-order valence-electron chi connectivity index (χ3n) is 5.59. The Morgan fingerprint density at radius 1 is 1.13 bits per heavy atom. The maximum Gasteiger partial charge on any atom is 0.512 e. The third-order valence-corrected chi connectivity index (χ3v) is 6.61. The second-order valence-corrected chi connectivity index (χ2v) is 9.00. The number of ether oxygens (including phenoxy) is 1. The number of anilines is 1. The highest BCUT2D eigenvalue weighted by Crippen LogP contribution is 2.31. The predicted octanol–water partition coefficient (Wildman–Crippen LogP) is 6.09. The van der Waals surface area contributed by atoms with E-state index in [-0.39, 0.29) is 17.7 Å². The number of amides is 1. The highest BCUT2D eigenvalue weighted by Gasteiger charge is 2.31. The van der Waals surface area contributed by atoms with Crippen LogP contribution in [0.1, 0.15) is 73.5 Å². The maximum atomic E-state index is 12.5. The lowest BCUT2D eigenvalue weighted by atomic mass is 10.0. The number of thiophene rings is 1. The zero-order valence-corrected chi connectivity index (χ0v) is 18.7. The largest absolute Gasteiger partial charge is 0.512 e. The zero-order valence-electron chi connectivity index (χ0n) is 17.8. The fraction of sp³-hybridized carbons (Fsp3) is 0.458. The fourth-order valence-electron chi connectivity index (χ4n) is 4.00. The zero-order chi connectivity index (χ0) is 22.2. The summed E-state index contributed by atoms with van der Waals surface area (Å²) in [7, 11) is 0. The van der Waals surface area contributed by atoms with Crippen LogP contribution in [-0.2, 0) is 11.2 Å². The summed E-state index contributed by atoms with van der Waals surface area (Å²) in [6, 6.07) is 11.1. The summed E-state index contributed by atoms with van der Waals surface area (Å²) in [5, 5.41) is 9.06. The van der Waals surface area contributed by atoms with Crippen LogP contribution in [0.4, 0.5) is 10.5 Å². The van der Waals surface area contributed by atoms with Crippen molar-refractivity contribution >= 4 is 34.9 Å². The first-order chi connectivity index (χ1) is 15.0. The molecular weight excluding hydrogens is 414 g/mol. The highest BCUT2D eigenvalue weighted by molar-refractivity contribution is 7.13. The summed E-state index contributed by atoms with van der Waals surface area (Å²) in [5.41, 5.74) is 1.56. The van der Waals surface area contributed by atoms with E-state index in [9.17, 15) is 14.4 Å². The van der Waals surface area contributed by atoms with E-state index in [4.69, 9.17) is 5.11 Å². The number of Topliss-reactive ketones (excluding diaryl/α,β-unsaturated/α-hetero) is 1. The molecule has 1 amide bonds. The van der Waals surface area contributed by atoms with Crippen LogP contribution in [0.25, 0.3) is 0 Å². The van der Waals surface area contributed by atoms with E-state index in [0.29, 0.717) is 23.5 Å². The first-order valence-corrected chi connectivity index (χ1v) is 11.7. The smallest absolute Gasteiger partial charge is 0.449 e. The molecule has 1 aliphatic heterocycles. The van der Waals surface area contributed by atoms with E-state index < -0.39 is 6.16 Å². The van der Waals surface area contributed by atoms with E-state index in [0.717, 1.165) is 55.5 Å². The Kier molecular flexibility index (Phi) is 8.23. The van der Waals surface area contributed by atoms with Gasteiger partial charge in [-0.25, -0.2) is 4.79 Å². The lowest BCUT2D eigenvalue weighted by molar-refractivity contribution is -0.117. The molecule has 1 aromatic carbocycles. The van der Waals surface area contributed by atoms with Crippen molar-refractivity contribution in [2.45, 2.75) is 70.8 Å². The van der Waals surface area contributed by atoms with Crippen molar-refractivity contribution in [3.05, 3.63) is 46.8 Å². The molecule has 0 radical (unpaired) electrons. The molecule has 1 aliphatic rings. The molecule has 0 saturated carbocycles. The normalized spacial score (nSPS) is 16.0. The summed E-state index contributed by atoms with van der Waals surface area (Å²) >= 11 is 1.34. The Hall–Kier alpha value is -2.67. The van der Waals surface area contributed by atoms with Gasteiger partial charge in [-0.1, -0.05) is 19.8 Å². The monoisotopic (exact) mass is 443 g/mol. The number of aryl methyl sites for hydroxylation is 1. The van der Waals surface area contributed by atoms with Crippen LogP contribution >= 0.6 is 11.3 Å². The lowest BCUT2D eigenvalue weighted by Gasteiger charge is -2.25. The number of rotatable bonds is 11. The molecule has 166 valence electrons. The molecule has 31 heavy (non-hydrogen) atoms. The van der Waals surface area contributed by atoms with Crippen LogP contribution in [0.5, 0.6) is 5.06 Å². The Bertz CT molecular complexity index is 905. The van der Waals surface area contributed by atoms with Gasteiger partial charge in [0.1, 0.15) is 0 Å². The van der Waals surface area contributed by atoms with E-state index in [1.54, 1.807) is 6.07 Å². The molecule has 2 heterocycles. The van der Waals surface area contributed by atoms with Gasteiger partial charge in [0.05, 0.1) is 0 Å². The average molecular weight is 444 g/mol. The molecule has 2 aromatic rings. The molecule has 1 N–H and O–H groups in total. The minimum atomic E-state index is -1.30. The van der Waals surface area contributed by atoms with E-state index in [2.05, 4.69) is 11.7 Å². The minimum absolute atomic E-state index is 0.125. The van der Waals surface area contributed by atoms with Gasteiger partial charge in [0, 0.05) is 35.0 Å². The summed E-state index contributed by atoms with van der Waals surface area (Å²) in [4.78, 5) is 38.4. The number of hydrogen-bond donors (Lipinski definition) is 1. The van der Waals surface area contributed by atoms with Crippen molar-refractivity contribution in [2.24, 2.45) is 0 Å². The summed E-state index contributed by atoms with van der Waals surface area (Å²) in [5.74, 6) is 0.284. The van der Waals surface area contributed by atoms with Gasteiger partial charge in [0.25, 0.3) is 0 Å². The lowest BCUT2D eigenvalue weighted by Crippen LogP contribution is -2.32. The van der Waals surface area contributed by atoms with Gasteiger partial charge < -0.3 is 14.7 Å². The van der Waals surface area contributed by atoms with Gasteiger partial charge in [0.15, 0.2) is 10.8 Å². The molecule has 1 fully saturated rings. The number of carboxylic acid groups (broad SMARTS) is 1. The molecule has 1 aromatic heterocycles. The second kappa shape index (κ2) is 11.1. The highest BCUT2D eigenvalue weighted by atomic mass is 32.1. The van der Waals surface area contributed by atoms with Crippen molar-refractivity contribution in [2.75, 3.05) is 4.90 Å². The Balaban J connectivity index is 1.55. The van der Waals surface area contributed by atoms with Crippen molar-refractivity contribution in [1.29, 1.82) is 0 Å². The van der Waals surface area contributed by atoms with Crippen LogP contribution in [0.15, 0.2) is 36.4 Å². The van der Waals surface area contributed by atoms with Gasteiger partial charge in [-0.05, 0) is 68.5 Å². The number of carbonyl (C=O) groups is 3. The quantitative estimate of drug-likeness (QED) is 0.258. The van der Waals surface area contributed by atoms with E-state index >= 15 is 0 Å². The topological polar surface area (TPSA) is 83.9 Å². The van der Waals surface area contributed by atoms with Gasteiger partial charge in [-0.15, -0.1) is 11.3 Å². The van der Waals surface area contributed by atoms with Crippen LogP contribution < -0.4 is 9.64 Å². The molecule has 6 nitrogen and oxygen atoms in total. The maximum absolute atomic E-state index is 12.5. The number of benzene rings is 1. The van der Waals surface area contributed by atoms with Gasteiger partial charge >= 0.3 is 6.16 Å². The third kappa shape index (κ3) is 6.40. The Labute approximate surface area is 186 Å². The van der Waals surface area contributed by atoms with Crippen LogP contribution in [0, 0.1) is 0 Å². The van der Waals surface area contributed by atoms with Crippen LogP contribution in [-0.4, -0.2) is 29.0 Å². The van der Waals surface area contributed by atoms with E-state index in [1.165, 1.54) is 11.3 Å². The molecular formula is C24H29NO5S. The molecule has 3 rings (SSSR count). The SMILES string of the molecule is CCCCCC(=O)c1ccc(N2C(=O)CC[C@@H]2CCCc2ccc(OC(=O)O)s2)cc1. The second-order valence-electron chi connectivity index (χ2n) is 7.86. The number of hydrogen-bond acceptors (Lipinski definition) is 5. The van der Waals surface area contributed by atoms with Crippen LogP contribution in [0.3, 0.4) is 0 Å². The number of nitrogens with zero attached hydrogens (tertiary/aromatic N) is 1. The number of unbranched alkanes of at least 4 members (excludes halogenated alkanes) is 2. The summed E-state index contributed by atoms with van der Waals surface area (Å²) < 4.78 is 4.68. The Morgan fingerprint density at radius 2 is 1.90 bits per heavy atom. The standard InChI is InChI=1S/C24H29NO5S/c1-2-3-4-8-21(26)17-9-11-19(12-10-17)25-18(13-15-22(25)27)6-5-7-20-14-16-23(31-20)30-24(28)29/h9-12,14,16,18H,2-8,13,15H2,1H3,(H,28,29)/t18-/m0/s1. The molecule has 1 atom stereocenters. The van der Waals surface area contributed by atoms with Gasteiger partial charge in [0.2, 0.25) is 5.91 Å². The molecule has 0 bridgehead atoms. The van der Waals surface area contributed by atoms with Crippen molar-refractivity contribution in [3.63, 3.8) is 0 Å². The van der Waals surface area contributed by atoms with Crippen molar-refractivity contribution in [1.82, 2.24) is 0 Å². The van der Waals surface area contributed by atoms with Gasteiger partial charge in [-0.3, -0.25) is 9.59 Å². The molecule has 0 unspecified atom stereocenters. The van der Waals surface area contributed by atoms with Crippen molar-refractivity contribution in [3.8, 4) is 5.06 Å². The van der Waals surface area contributed by atoms with E-state index in [1.807, 2.05) is 35.2 Å². The first-order valence-electron chi connectivity index (χ1n) is 10.9. The molecule has 1 saturated heterocycles. The number of ketones is 1. The first kappa shape index (κ1) is 23.0. The molecule has 7 heteroatoms. The predicted molar refractivity (Wildman–Crippen MR) is 121 cm³/mol. The number of carbonyl (C=O) groups excluding carboxylic acids is 2. The summed E-state index contributed by atoms with van der Waals surface area (Å²) in [6.45, 7) is 2.12. The average Bonchev–Trinajstić information content (AvgIpc) is 3.34. The molecule has 0 spiro atoms. The molecule has 0 aliphatic carbocycles. The van der Waals surface area contributed by atoms with Crippen molar-refractivity contribution < 1.29 is 24.2 Å². The fourth-order valence-corrected chi connectivity index (χ4v) is 4.89. The van der Waals surface area contributed by atoms with Crippen LogP contribution in [0.2, 0.25) is 0 Å². The summed E-state index contributed by atoms with van der Waals surface area (Å²) in [6.07, 6.45) is 6.29. The van der Waals surface area contributed by atoms with Gasteiger partial charge in [-0.2, -0.15) is 0 Å².